The number of nitrogens with one attached hydrogen (secondary N) is 1. The second kappa shape index (κ2) is 10.4. The van der Waals surface area contributed by atoms with Crippen LogP contribution in [0.5, 0.6) is 5.75 Å². The molecule has 0 radical (unpaired) electrons. The van der Waals surface area contributed by atoms with Crippen LogP contribution in [0, 0.1) is 6.92 Å². The third-order valence-electron chi connectivity index (χ3n) is 5.32. The van der Waals surface area contributed by atoms with Crippen molar-refractivity contribution in [2.75, 3.05) is 11.9 Å². The Morgan fingerprint density at radius 3 is 2.50 bits per heavy atom. The number of ether oxygens (including phenoxy) is 1. The molecule has 0 aliphatic rings. The first-order valence-corrected chi connectivity index (χ1v) is 12.0. The highest BCUT2D eigenvalue weighted by molar-refractivity contribution is 7.21. The Morgan fingerprint density at radius 1 is 0.969 bits per heavy atom. The Labute approximate surface area is 193 Å². The lowest BCUT2D eigenvalue weighted by Gasteiger charge is -2.08. The van der Waals surface area contributed by atoms with E-state index < -0.39 is 0 Å². The number of hydrogen-bond acceptors (Lipinski definition) is 4. The maximum atomic E-state index is 12.6. The van der Waals surface area contributed by atoms with E-state index in [-0.39, 0.29) is 5.91 Å². The van der Waals surface area contributed by atoms with Gasteiger partial charge in [-0.25, -0.2) is 4.98 Å². The minimum atomic E-state index is -0.136. The Balaban J connectivity index is 1.35. The average molecular weight is 445 g/mol. The fraction of sp³-hybridized carbons (Fsp3) is 0.259. The molecule has 1 heterocycles. The van der Waals surface area contributed by atoms with Crippen molar-refractivity contribution >= 4 is 33.1 Å². The Hall–Kier alpha value is -3.18. The molecule has 1 N–H and O–H groups in total. The highest BCUT2D eigenvalue weighted by Crippen LogP contribution is 2.31. The molecule has 32 heavy (non-hydrogen) atoms. The summed E-state index contributed by atoms with van der Waals surface area (Å²) in [5.41, 5.74) is 4.65. The fourth-order valence-corrected chi connectivity index (χ4v) is 4.55. The molecule has 1 amide bonds. The summed E-state index contributed by atoms with van der Waals surface area (Å²) < 4.78 is 6.94. The summed E-state index contributed by atoms with van der Waals surface area (Å²) in [4.78, 5) is 17.3. The Morgan fingerprint density at radius 2 is 1.75 bits per heavy atom. The number of rotatable bonds is 9. The minimum absolute atomic E-state index is 0.136. The van der Waals surface area contributed by atoms with E-state index in [4.69, 9.17) is 9.72 Å². The van der Waals surface area contributed by atoms with Gasteiger partial charge in [0.05, 0.1) is 16.8 Å². The molecule has 3 aromatic carbocycles. The number of fused-ring (bicyclic) bond motifs is 1. The van der Waals surface area contributed by atoms with E-state index in [1.807, 2.05) is 36.4 Å². The SMILES string of the molecule is CCCCCCOc1ccc(C(=O)Nc2ccc(-c3nc4ccc(C)cc4s3)cc2)cc1. The van der Waals surface area contributed by atoms with E-state index in [0.29, 0.717) is 12.2 Å². The van der Waals surface area contributed by atoms with Gasteiger partial charge >= 0.3 is 0 Å². The molecule has 0 aliphatic heterocycles. The summed E-state index contributed by atoms with van der Waals surface area (Å²) in [7, 11) is 0. The van der Waals surface area contributed by atoms with Gasteiger partial charge in [-0.2, -0.15) is 0 Å². The molecular formula is C27H28N2O2S. The first-order chi connectivity index (χ1) is 15.6. The van der Waals surface area contributed by atoms with Crippen LogP contribution in [0.4, 0.5) is 5.69 Å². The van der Waals surface area contributed by atoms with Gasteiger partial charge in [0, 0.05) is 16.8 Å². The summed E-state index contributed by atoms with van der Waals surface area (Å²) in [5, 5.41) is 3.94. The monoisotopic (exact) mass is 444 g/mol. The molecule has 0 saturated heterocycles. The van der Waals surface area contributed by atoms with Crippen LogP contribution in [0.3, 0.4) is 0 Å². The number of carbonyl (C=O) groups is 1. The predicted molar refractivity (Wildman–Crippen MR) is 134 cm³/mol. The summed E-state index contributed by atoms with van der Waals surface area (Å²) in [6.45, 7) is 5.00. The lowest BCUT2D eigenvalue weighted by molar-refractivity contribution is 0.102. The molecule has 0 unspecified atom stereocenters. The van der Waals surface area contributed by atoms with Crippen LogP contribution in [0.1, 0.15) is 48.5 Å². The number of hydrogen-bond donors (Lipinski definition) is 1. The molecule has 0 spiro atoms. The number of carbonyl (C=O) groups excluding carboxylic acids is 1. The topological polar surface area (TPSA) is 51.2 Å². The first kappa shape index (κ1) is 22.0. The number of unbranched alkanes of at least 4 members (excludes halogenated alkanes) is 3. The molecule has 0 atom stereocenters. The molecule has 4 rings (SSSR count). The van der Waals surface area contributed by atoms with Crippen molar-refractivity contribution in [3.63, 3.8) is 0 Å². The maximum absolute atomic E-state index is 12.6. The normalized spacial score (nSPS) is 10.9. The number of nitrogens with zero attached hydrogens (tertiary/aromatic N) is 1. The van der Waals surface area contributed by atoms with Crippen LogP contribution in [-0.4, -0.2) is 17.5 Å². The second-order valence-corrected chi connectivity index (χ2v) is 8.99. The largest absolute Gasteiger partial charge is 0.494 e. The van der Waals surface area contributed by atoms with E-state index in [9.17, 15) is 4.79 Å². The summed E-state index contributed by atoms with van der Waals surface area (Å²) >= 11 is 1.68. The number of anilines is 1. The second-order valence-electron chi connectivity index (χ2n) is 7.96. The van der Waals surface area contributed by atoms with Gasteiger partial charge in [-0.15, -0.1) is 11.3 Å². The number of aryl methyl sites for hydroxylation is 1. The van der Waals surface area contributed by atoms with Crippen molar-refractivity contribution in [1.29, 1.82) is 0 Å². The molecule has 4 aromatic rings. The predicted octanol–water partition coefficient (Wildman–Crippen LogP) is 7.48. The highest BCUT2D eigenvalue weighted by Gasteiger charge is 2.09. The zero-order valence-corrected chi connectivity index (χ0v) is 19.4. The molecule has 0 aliphatic carbocycles. The third-order valence-corrected chi connectivity index (χ3v) is 6.38. The molecule has 0 saturated carbocycles. The quantitative estimate of drug-likeness (QED) is 0.272. The van der Waals surface area contributed by atoms with Crippen molar-refractivity contribution in [3.05, 3.63) is 77.9 Å². The fourth-order valence-electron chi connectivity index (χ4n) is 3.48. The van der Waals surface area contributed by atoms with Crippen molar-refractivity contribution in [2.45, 2.75) is 39.5 Å². The van der Waals surface area contributed by atoms with E-state index in [1.54, 1.807) is 23.5 Å². The van der Waals surface area contributed by atoms with Gasteiger partial charge in [0.15, 0.2) is 0 Å². The van der Waals surface area contributed by atoms with Gasteiger partial charge in [-0.3, -0.25) is 4.79 Å². The Bertz CT molecular complexity index is 1180. The zero-order valence-electron chi connectivity index (χ0n) is 18.6. The Kier molecular flexibility index (Phi) is 7.17. The van der Waals surface area contributed by atoms with Gasteiger partial charge in [0.2, 0.25) is 0 Å². The molecule has 5 heteroatoms. The number of amides is 1. The molecule has 1 aromatic heterocycles. The van der Waals surface area contributed by atoms with Gasteiger partial charge < -0.3 is 10.1 Å². The molecule has 164 valence electrons. The number of thiazole rings is 1. The molecule has 0 bridgehead atoms. The van der Waals surface area contributed by atoms with Gasteiger partial charge in [0.1, 0.15) is 10.8 Å². The van der Waals surface area contributed by atoms with Crippen molar-refractivity contribution in [2.24, 2.45) is 0 Å². The van der Waals surface area contributed by atoms with Crippen LogP contribution in [0.2, 0.25) is 0 Å². The van der Waals surface area contributed by atoms with E-state index in [2.05, 4.69) is 37.4 Å². The maximum Gasteiger partial charge on any atom is 0.255 e. The number of aromatic nitrogens is 1. The zero-order chi connectivity index (χ0) is 22.3. The molecule has 4 nitrogen and oxygen atoms in total. The lowest BCUT2D eigenvalue weighted by Crippen LogP contribution is -2.11. The van der Waals surface area contributed by atoms with Crippen LogP contribution >= 0.6 is 11.3 Å². The minimum Gasteiger partial charge on any atom is -0.494 e. The number of benzene rings is 3. The van der Waals surface area contributed by atoms with Gasteiger partial charge in [-0.1, -0.05) is 32.3 Å². The van der Waals surface area contributed by atoms with Crippen LogP contribution in [0.15, 0.2) is 66.7 Å². The highest BCUT2D eigenvalue weighted by atomic mass is 32.1. The summed E-state index contributed by atoms with van der Waals surface area (Å²) in [5.74, 6) is 0.663. The van der Waals surface area contributed by atoms with E-state index in [0.717, 1.165) is 33.9 Å². The standard InChI is InChI=1S/C27H28N2O2S/c1-3-4-5-6-17-31-23-14-10-20(11-15-23)26(30)28-22-12-8-21(9-13-22)27-29-24-16-7-19(2)18-25(24)32-27/h7-16,18H,3-6,17H2,1-2H3,(H,28,30). The molecular weight excluding hydrogens is 416 g/mol. The van der Waals surface area contributed by atoms with Crippen LogP contribution in [0.25, 0.3) is 20.8 Å². The third kappa shape index (κ3) is 5.54. The van der Waals surface area contributed by atoms with Crippen LogP contribution in [-0.2, 0) is 0 Å². The van der Waals surface area contributed by atoms with Crippen molar-refractivity contribution in [1.82, 2.24) is 4.98 Å². The summed E-state index contributed by atoms with van der Waals surface area (Å²) in [6.07, 6.45) is 4.70. The lowest BCUT2D eigenvalue weighted by atomic mass is 10.1. The van der Waals surface area contributed by atoms with E-state index >= 15 is 0 Å². The van der Waals surface area contributed by atoms with Gasteiger partial charge in [-0.05, 0) is 79.6 Å². The average Bonchev–Trinajstić information content (AvgIpc) is 3.23. The van der Waals surface area contributed by atoms with Crippen molar-refractivity contribution < 1.29 is 9.53 Å². The molecule has 0 fully saturated rings. The summed E-state index contributed by atoms with van der Waals surface area (Å²) in [6, 6.07) is 21.4. The smallest absolute Gasteiger partial charge is 0.255 e. The van der Waals surface area contributed by atoms with Gasteiger partial charge in [0.25, 0.3) is 5.91 Å². The van der Waals surface area contributed by atoms with Crippen LogP contribution < -0.4 is 10.1 Å². The van der Waals surface area contributed by atoms with Crippen molar-refractivity contribution in [3.8, 4) is 16.3 Å². The van der Waals surface area contributed by atoms with E-state index in [1.165, 1.54) is 29.5 Å². The first-order valence-electron chi connectivity index (χ1n) is 11.1.